The van der Waals surface area contributed by atoms with Crippen LogP contribution in [0.4, 0.5) is 17.6 Å². The molecule has 3 N–H and O–H groups in total. The first-order chi connectivity index (χ1) is 16.1. The van der Waals surface area contributed by atoms with Crippen molar-refractivity contribution in [2.45, 2.75) is 43.4 Å². The van der Waals surface area contributed by atoms with Gasteiger partial charge in [0.15, 0.2) is 17.0 Å². The summed E-state index contributed by atoms with van der Waals surface area (Å²) in [5.74, 6) is -7.71. The third-order valence-electron chi connectivity index (χ3n) is 7.48. The van der Waals surface area contributed by atoms with Gasteiger partial charge < -0.3 is 15.5 Å². The number of benzene rings is 1. The molecule has 0 aliphatic heterocycles. The van der Waals surface area contributed by atoms with Crippen molar-refractivity contribution in [3.63, 3.8) is 0 Å². The number of hydrogen-bond acceptors (Lipinski definition) is 4. The Labute approximate surface area is 191 Å². The number of fused-ring (bicyclic) bond motifs is 1. The second-order valence-corrected chi connectivity index (χ2v) is 9.13. The first-order valence-corrected chi connectivity index (χ1v) is 10.8. The molecule has 2 heterocycles. The average molecular weight is 475 g/mol. The smallest absolute Gasteiger partial charge is 0.268 e. The van der Waals surface area contributed by atoms with Crippen LogP contribution in [0.25, 0.3) is 10.9 Å². The molecule has 0 bridgehead atoms. The lowest BCUT2D eigenvalue weighted by Crippen LogP contribution is -2.49. The highest BCUT2D eigenvalue weighted by molar-refractivity contribution is 6.03. The summed E-state index contributed by atoms with van der Waals surface area (Å²) < 4.78 is 63.1. The molecule has 2 aliphatic carbocycles. The molecule has 2 saturated carbocycles. The van der Waals surface area contributed by atoms with Gasteiger partial charge >= 0.3 is 0 Å². The number of rotatable bonds is 4. The lowest BCUT2D eigenvalue weighted by atomic mass is 9.63. The molecule has 2 fully saturated rings. The number of alkyl halides is 2. The Hall–Kier alpha value is -3.43. The SMILES string of the molecule is COc1c([C@@H]2CC3(CCC3(F)F)CC2c2cc(=O)c3c(C(N)=O)nccc3[nH]2)ccc(F)c1F. The molecule has 5 rings (SSSR count). The van der Waals surface area contributed by atoms with Crippen molar-refractivity contribution in [3.05, 3.63) is 69.3 Å². The average Bonchev–Trinajstić information content (AvgIpc) is 3.23. The molecule has 6 nitrogen and oxygen atoms in total. The van der Waals surface area contributed by atoms with Gasteiger partial charge in [0.05, 0.1) is 18.0 Å². The van der Waals surface area contributed by atoms with Crippen LogP contribution in [0.15, 0.2) is 35.3 Å². The van der Waals surface area contributed by atoms with E-state index in [1.807, 2.05) is 0 Å². The zero-order chi connectivity index (χ0) is 24.4. The van der Waals surface area contributed by atoms with Gasteiger partial charge in [0.1, 0.15) is 5.69 Å². The van der Waals surface area contributed by atoms with Gasteiger partial charge in [0.2, 0.25) is 5.82 Å². The van der Waals surface area contributed by atoms with Crippen LogP contribution < -0.4 is 15.9 Å². The molecule has 34 heavy (non-hydrogen) atoms. The fourth-order valence-electron chi connectivity index (χ4n) is 5.69. The largest absolute Gasteiger partial charge is 0.493 e. The van der Waals surface area contributed by atoms with Crippen molar-refractivity contribution in [2.75, 3.05) is 7.11 Å². The summed E-state index contributed by atoms with van der Waals surface area (Å²) in [6.07, 6.45) is 1.42. The van der Waals surface area contributed by atoms with Gasteiger partial charge in [-0.15, -0.1) is 0 Å². The van der Waals surface area contributed by atoms with Gasteiger partial charge in [-0.2, -0.15) is 4.39 Å². The van der Waals surface area contributed by atoms with Crippen molar-refractivity contribution in [3.8, 4) is 5.75 Å². The number of carbonyl (C=O) groups excluding carboxylic acids is 1. The van der Waals surface area contributed by atoms with Crippen LogP contribution in [0.3, 0.4) is 0 Å². The lowest BCUT2D eigenvalue weighted by molar-refractivity contribution is -0.199. The number of primary amides is 1. The molecular formula is C24H21F4N3O3. The minimum Gasteiger partial charge on any atom is -0.493 e. The molecule has 1 amide bonds. The third-order valence-corrected chi connectivity index (χ3v) is 7.48. The second kappa shape index (κ2) is 7.54. The summed E-state index contributed by atoms with van der Waals surface area (Å²) >= 11 is 0. The minimum atomic E-state index is -2.91. The maximum atomic E-state index is 14.8. The summed E-state index contributed by atoms with van der Waals surface area (Å²) in [5.41, 5.74) is 4.19. The van der Waals surface area contributed by atoms with Gasteiger partial charge in [-0.3, -0.25) is 14.6 Å². The van der Waals surface area contributed by atoms with E-state index in [2.05, 4.69) is 9.97 Å². The number of amides is 1. The quantitative estimate of drug-likeness (QED) is 0.547. The van der Waals surface area contributed by atoms with Crippen LogP contribution in [0.2, 0.25) is 0 Å². The van der Waals surface area contributed by atoms with E-state index in [1.165, 1.54) is 31.5 Å². The zero-order valence-electron chi connectivity index (χ0n) is 18.1. The maximum Gasteiger partial charge on any atom is 0.268 e. The molecule has 10 heteroatoms. The molecule has 1 spiro atoms. The van der Waals surface area contributed by atoms with E-state index in [1.54, 1.807) is 0 Å². The monoisotopic (exact) mass is 475 g/mol. The van der Waals surface area contributed by atoms with Gasteiger partial charge in [0, 0.05) is 41.3 Å². The van der Waals surface area contributed by atoms with Gasteiger partial charge in [0.25, 0.3) is 11.8 Å². The van der Waals surface area contributed by atoms with E-state index in [9.17, 15) is 27.2 Å². The summed E-state index contributed by atoms with van der Waals surface area (Å²) in [7, 11) is 1.19. The highest BCUT2D eigenvalue weighted by Crippen LogP contribution is 2.69. The number of aromatic amines is 1. The number of nitrogens with two attached hydrogens (primary N) is 1. The summed E-state index contributed by atoms with van der Waals surface area (Å²) in [6.45, 7) is 0. The van der Waals surface area contributed by atoms with Crippen LogP contribution in [0, 0.1) is 17.0 Å². The van der Waals surface area contributed by atoms with Crippen molar-refractivity contribution < 1.29 is 27.1 Å². The molecule has 2 unspecified atom stereocenters. The van der Waals surface area contributed by atoms with Crippen LogP contribution in [0.5, 0.6) is 5.75 Å². The van der Waals surface area contributed by atoms with Crippen molar-refractivity contribution in [1.82, 2.24) is 9.97 Å². The highest BCUT2D eigenvalue weighted by atomic mass is 19.3. The Kier molecular flexibility index (Phi) is 4.96. The first-order valence-electron chi connectivity index (χ1n) is 10.8. The number of H-pyrrole nitrogens is 1. The fourth-order valence-corrected chi connectivity index (χ4v) is 5.69. The van der Waals surface area contributed by atoms with Gasteiger partial charge in [-0.1, -0.05) is 6.07 Å². The normalized spacial score (nSPS) is 25.4. The number of aromatic nitrogens is 2. The topological polar surface area (TPSA) is 98.1 Å². The standard InChI is InChI=1S/C24H21F4N3O3/c1-34-21-11(2-3-14(25)19(21)26)12-9-23(5-6-24(23,27)28)10-13(12)16-8-17(32)18-15(31-16)4-7-30-20(18)22(29)33/h2-4,7-8,12-13H,5-6,9-10H2,1H3,(H2,29,33)(H,31,32)/t12-,13?,23?/m0/s1. The van der Waals surface area contributed by atoms with Crippen LogP contribution in [0.1, 0.15) is 59.3 Å². The minimum absolute atomic E-state index is 0.00221. The molecular weight excluding hydrogens is 454 g/mol. The fraction of sp³-hybridized carbons (Fsp3) is 0.375. The number of halogens is 4. The maximum absolute atomic E-state index is 14.8. The van der Waals surface area contributed by atoms with Crippen LogP contribution in [-0.4, -0.2) is 28.9 Å². The molecule has 2 aromatic heterocycles. The Morgan fingerprint density at radius 2 is 1.91 bits per heavy atom. The van der Waals surface area contributed by atoms with Crippen LogP contribution in [-0.2, 0) is 0 Å². The molecule has 0 radical (unpaired) electrons. The summed E-state index contributed by atoms with van der Waals surface area (Å²) in [5, 5.41) is 0.00221. The number of ether oxygens (including phenoxy) is 1. The summed E-state index contributed by atoms with van der Waals surface area (Å²) in [6, 6.07) is 5.03. The highest BCUT2D eigenvalue weighted by Gasteiger charge is 2.66. The second-order valence-electron chi connectivity index (χ2n) is 9.13. The van der Waals surface area contributed by atoms with Gasteiger partial charge in [-0.25, -0.2) is 13.2 Å². The molecule has 178 valence electrons. The van der Waals surface area contributed by atoms with E-state index in [4.69, 9.17) is 10.5 Å². The van der Waals surface area contributed by atoms with E-state index in [-0.39, 0.29) is 53.6 Å². The van der Waals surface area contributed by atoms with E-state index < -0.39 is 46.1 Å². The predicted octanol–water partition coefficient (Wildman–Crippen LogP) is 4.39. The number of pyridine rings is 2. The number of nitrogens with zero attached hydrogens (tertiary/aromatic N) is 1. The molecule has 1 aromatic carbocycles. The van der Waals surface area contributed by atoms with Crippen molar-refractivity contribution in [1.29, 1.82) is 0 Å². The first kappa shape index (κ1) is 22.4. The van der Waals surface area contributed by atoms with Crippen molar-refractivity contribution >= 4 is 16.8 Å². The molecule has 2 aliphatic rings. The number of methoxy groups -OCH3 is 1. The van der Waals surface area contributed by atoms with E-state index >= 15 is 0 Å². The number of nitrogens with one attached hydrogen (secondary N) is 1. The van der Waals surface area contributed by atoms with Crippen molar-refractivity contribution in [2.24, 2.45) is 11.1 Å². The lowest BCUT2D eigenvalue weighted by Gasteiger charge is -2.47. The van der Waals surface area contributed by atoms with E-state index in [0.29, 0.717) is 5.69 Å². The molecule has 3 aromatic rings. The summed E-state index contributed by atoms with van der Waals surface area (Å²) in [4.78, 5) is 31.6. The Balaban J connectivity index is 1.69. The van der Waals surface area contributed by atoms with Crippen LogP contribution >= 0.6 is 0 Å². The Morgan fingerprint density at radius 1 is 1.18 bits per heavy atom. The Morgan fingerprint density at radius 3 is 2.53 bits per heavy atom. The Bertz CT molecular complexity index is 1390. The predicted molar refractivity (Wildman–Crippen MR) is 115 cm³/mol. The van der Waals surface area contributed by atoms with Gasteiger partial charge in [-0.05, 0) is 37.3 Å². The number of carbonyl (C=O) groups is 1. The number of hydrogen-bond donors (Lipinski definition) is 2. The van der Waals surface area contributed by atoms with E-state index in [0.717, 1.165) is 6.07 Å². The third kappa shape index (κ3) is 3.11. The zero-order valence-corrected chi connectivity index (χ0v) is 18.1. The molecule has 0 saturated heterocycles. The molecule has 3 atom stereocenters.